The Morgan fingerprint density at radius 3 is 2.47 bits per heavy atom. The quantitative estimate of drug-likeness (QED) is 0.185. The molecule has 1 heterocycles. The molecule has 0 aliphatic heterocycles. The molecular formula is C25H26ClN7O4S. The van der Waals surface area contributed by atoms with Crippen LogP contribution in [0.5, 0.6) is 5.75 Å². The molecular weight excluding hydrogens is 530 g/mol. The Kier molecular flexibility index (Phi) is 8.59. The first-order valence-electron chi connectivity index (χ1n) is 11.4. The minimum Gasteiger partial charge on any atom is -0.497 e. The lowest BCUT2D eigenvalue weighted by molar-refractivity contribution is -0.115. The Morgan fingerprint density at radius 1 is 1.08 bits per heavy atom. The van der Waals surface area contributed by atoms with Crippen LogP contribution in [0, 0.1) is 0 Å². The number of nitrogens with two attached hydrogens (primary N) is 1. The van der Waals surface area contributed by atoms with Gasteiger partial charge in [0, 0.05) is 18.3 Å². The minimum atomic E-state index is -3.29. The molecule has 1 amide bonds. The second-order valence-electron chi connectivity index (χ2n) is 8.03. The van der Waals surface area contributed by atoms with Crippen molar-refractivity contribution < 1.29 is 17.9 Å². The Labute approximate surface area is 226 Å². The van der Waals surface area contributed by atoms with Crippen molar-refractivity contribution in [1.29, 1.82) is 0 Å². The summed E-state index contributed by atoms with van der Waals surface area (Å²) in [5, 5.41) is 8.97. The van der Waals surface area contributed by atoms with Gasteiger partial charge in [0.05, 0.1) is 41.1 Å². The summed E-state index contributed by atoms with van der Waals surface area (Å²) in [5.41, 5.74) is 8.52. The number of hydrogen-bond donors (Lipinski definition) is 5. The smallest absolute Gasteiger partial charge is 0.238 e. The molecule has 0 fully saturated rings. The molecule has 0 unspecified atom stereocenters. The second kappa shape index (κ2) is 12.0. The SMILES string of the molecule is CNCC(=O)Nc1ccc(CN)c(N(c2nc3ccccc3nc2Nc2cc(OC)ccc2Cl)[SH](=O)=O)c1. The lowest BCUT2D eigenvalue weighted by Gasteiger charge is -2.23. The normalized spacial score (nSPS) is 11.0. The number of carbonyl (C=O) groups excluding carboxylic acids is 1. The number of aromatic nitrogens is 2. The number of nitrogens with zero attached hydrogens (tertiary/aromatic N) is 3. The predicted molar refractivity (Wildman–Crippen MR) is 150 cm³/mol. The van der Waals surface area contributed by atoms with E-state index in [-0.39, 0.29) is 36.3 Å². The van der Waals surface area contributed by atoms with Crippen LogP contribution in [0.3, 0.4) is 0 Å². The van der Waals surface area contributed by atoms with Crippen LogP contribution < -0.4 is 30.7 Å². The molecule has 198 valence electrons. The van der Waals surface area contributed by atoms with Crippen LogP contribution in [0.15, 0.2) is 60.7 Å². The van der Waals surface area contributed by atoms with E-state index in [4.69, 9.17) is 22.1 Å². The Morgan fingerprint density at radius 2 is 1.82 bits per heavy atom. The Hall–Kier alpha value is -3.97. The fourth-order valence-electron chi connectivity index (χ4n) is 3.73. The van der Waals surface area contributed by atoms with Crippen molar-refractivity contribution in [2.45, 2.75) is 6.54 Å². The average Bonchev–Trinajstić information content (AvgIpc) is 2.90. The van der Waals surface area contributed by atoms with E-state index in [0.717, 1.165) is 4.31 Å². The van der Waals surface area contributed by atoms with Crippen molar-refractivity contribution in [1.82, 2.24) is 15.3 Å². The molecule has 0 saturated heterocycles. The first-order valence-corrected chi connectivity index (χ1v) is 12.9. The maximum Gasteiger partial charge on any atom is 0.238 e. The van der Waals surface area contributed by atoms with Crippen LogP contribution in [0.1, 0.15) is 5.56 Å². The van der Waals surface area contributed by atoms with Crippen molar-refractivity contribution >= 4 is 68.1 Å². The molecule has 3 aromatic carbocycles. The van der Waals surface area contributed by atoms with Crippen molar-refractivity contribution in [3.05, 3.63) is 71.2 Å². The van der Waals surface area contributed by atoms with Gasteiger partial charge in [0.2, 0.25) is 16.8 Å². The number of ether oxygens (including phenoxy) is 1. The minimum absolute atomic E-state index is 0.00732. The number of anilines is 5. The number of benzene rings is 3. The third-order valence-electron chi connectivity index (χ3n) is 5.50. The summed E-state index contributed by atoms with van der Waals surface area (Å²) in [6, 6.07) is 16.9. The molecule has 4 rings (SSSR count). The van der Waals surface area contributed by atoms with Crippen LogP contribution >= 0.6 is 11.6 Å². The van der Waals surface area contributed by atoms with Gasteiger partial charge in [0.25, 0.3) is 0 Å². The van der Waals surface area contributed by atoms with E-state index in [1.165, 1.54) is 13.2 Å². The molecule has 0 atom stereocenters. The molecule has 0 spiro atoms. The molecule has 13 heteroatoms. The summed E-state index contributed by atoms with van der Waals surface area (Å²) in [4.78, 5) is 21.5. The van der Waals surface area contributed by atoms with Gasteiger partial charge in [0.1, 0.15) is 5.75 Å². The number of fused-ring (bicyclic) bond motifs is 1. The van der Waals surface area contributed by atoms with Gasteiger partial charge in [-0.15, -0.1) is 0 Å². The number of halogens is 1. The molecule has 0 radical (unpaired) electrons. The summed E-state index contributed by atoms with van der Waals surface area (Å²) in [7, 11) is -0.119. The molecule has 0 bridgehead atoms. The molecule has 0 aliphatic rings. The summed E-state index contributed by atoms with van der Waals surface area (Å²) in [6.07, 6.45) is 0. The standard InChI is InChI=1S/C25H26ClN7O4S/c1-28-14-23(34)29-16-8-7-15(13-27)22(11-16)33(38(35)36)25-24(30-19-5-3-4-6-20(19)32-25)31-21-12-17(37-2)9-10-18(21)26/h3-12,28,38H,13-14,27H2,1-2H3,(H,29,34)(H,30,31). The highest BCUT2D eigenvalue weighted by Crippen LogP contribution is 2.38. The van der Waals surface area contributed by atoms with Gasteiger partial charge in [0.15, 0.2) is 11.6 Å². The van der Waals surface area contributed by atoms with Gasteiger partial charge in [-0.3, -0.25) is 4.79 Å². The third kappa shape index (κ3) is 5.94. The van der Waals surface area contributed by atoms with Gasteiger partial charge >= 0.3 is 0 Å². The topological polar surface area (TPSA) is 152 Å². The number of thiol groups is 1. The molecule has 38 heavy (non-hydrogen) atoms. The van der Waals surface area contributed by atoms with Crippen LogP contribution in [-0.4, -0.2) is 45.0 Å². The van der Waals surface area contributed by atoms with Gasteiger partial charge in [-0.1, -0.05) is 29.8 Å². The molecule has 5 N–H and O–H groups in total. The zero-order chi connectivity index (χ0) is 27.2. The van der Waals surface area contributed by atoms with Crippen molar-refractivity contribution in [2.75, 3.05) is 35.6 Å². The number of hydrogen-bond acceptors (Lipinski definition) is 9. The largest absolute Gasteiger partial charge is 0.497 e. The van der Waals surface area contributed by atoms with Gasteiger partial charge in [-0.25, -0.2) is 22.7 Å². The van der Waals surface area contributed by atoms with E-state index in [9.17, 15) is 13.2 Å². The summed E-state index contributed by atoms with van der Waals surface area (Å²) in [5.74, 6) is 0.365. The summed E-state index contributed by atoms with van der Waals surface area (Å²) >= 11 is 6.41. The number of para-hydroxylation sites is 2. The fraction of sp³-hybridized carbons (Fsp3) is 0.160. The number of nitrogens with one attached hydrogen (secondary N) is 3. The van der Waals surface area contributed by atoms with Crippen molar-refractivity contribution in [3.63, 3.8) is 0 Å². The second-order valence-corrected chi connectivity index (χ2v) is 9.31. The molecule has 0 saturated carbocycles. The molecule has 4 aromatic rings. The zero-order valence-electron chi connectivity index (χ0n) is 20.6. The first kappa shape index (κ1) is 27.1. The molecule has 11 nitrogen and oxygen atoms in total. The highest BCUT2D eigenvalue weighted by Gasteiger charge is 2.24. The fourth-order valence-corrected chi connectivity index (χ4v) is 4.55. The van der Waals surface area contributed by atoms with Gasteiger partial charge < -0.3 is 26.4 Å². The third-order valence-corrected chi connectivity index (χ3v) is 6.56. The van der Waals surface area contributed by atoms with E-state index < -0.39 is 10.9 Å². The predicted octanol–water partition coefficient (Wildman–Crippen LogP) is 3.32. The number of amides is 1. The van der Waals surface area contributed by atoms with Crippen LogP contribution in [0.25, 0.3) is 11.0 Å². The monoisotopic (exact) mass is 555 g/mol. The van der Waals surface area contributed by atoms with Crippen molar-refractivity contribution in [3.8, 4) is 5.75 Å². The molecule has 1 aromatic heterocycles. The maximum absolute atomic E-state index is 12.8. The zero-order valence-corrected chi connectivity index (χ0v) is 22.2. The van der Waals surface area contributed by atoms with Crippen LogP contribution in [0.2, 0.25) is 5.02 Å². The maximum atomic E-state index is 12.8. The van der Waals surface area contributed by atoms with E-state index >= 15 is 0 Å². The highest BCUT2D eigenvalue weighted by molar-refractivity contribution is 7.74. The summed E-state index contributed by atoms with van der Waals surface area (Å²) < 4.78 is 31.9. The Bertz CT molecular complexity index is 1560. The van der Waals surface area contributed by atoms with Gasteiger partial charge in [-0.05, 0) is 49.0 Å². The number of likely N-dealkylation sites (N-methyl/N-ethyl adjacent to an activating group) is 1. The van der Waals surface area contributed by atoms with E-state index in [1.807, 2.05) is 0 Å². The first-order chi connectivity index (χ1) is 18.3. The number of methoxy groups -OCH3 is 1. The van der Waals surface area contributed by atoms with Crippen LogP contribution in [0.4, 0.5) is 28.7 Å². The average molecular weight is 556 g/mol. The van der Waals surface area contributed by atoms with Crippen molar-refractivity contribution in [2.24, 2.45) is 5.73 Å². The number of rotatable bonds is 10. The van der Waals surface area contributed by atoms with Gasteiger partial charge in [-0.2, -0.15) is 0 Å². The summed E-state index contributed by atoms with van der Waals surface area (Å²) in [6.45, 7) is 0.115. The van der Waals surface area contributed by atoms with Crippen LogP contribution in [-0.2, 0) is 22.2 Å². The number of carbonyl (C=O) groups is 1. The Balaban J connectivity index is 1.91. The van der Waals surface area contributed by atoms with E-state index in [2.05, 4.69) is 25.9 Å². The lowest BCUT2D eigenvalue weighted by atomic mass is 10.1. The van der Waals surface area contributed by atoms with E-state index in [0.29, 0.717) is 38.7 Å². The molecule has 0 aliphatic carbocycles. The van der Waals surface area contributed by atoms with E-state index in [1.54, 1.807) is 61.6 Å². The lowest BCUT2D eigenvalue weighted by Crippen LogP contribution is -2.25. The highest BCUT2D eigenvalue weighted by atomic mass is 35.5.